The maximum absolute atomic E-state index is 13.5. The minimum absolute atomic E-state index is 0.289. The number of benzene rings is 2. The van der Waals surface area contributed by atoms with Gasteiger partial charge in [0.15, 0.2) is 0 Å². The van der Waals surface area contributed by atoms with E-state index in [0.717, 1.165) is 16.7 Å². The summed E-state index contributed by atoms with van der Waals surface area (Å²) in [6.07, 6.45) is 0. The summed E-state index contributed by atoms with van der Waals surface area (Å²) >= 11 is 9.57. The Morgan fingerprint density at radius 3 is 2.44 bits per heavy atom. The van der Waals surface area contributed by atoms with Crippen LogP contribution in [0.25, 0.3) is 0 Å². The van der Waals surface area contributed by atoms with Gasteiger partial charge in [0.1, 0.15) is 5.82 Å². The monoisotopic (exact) mass is 326 g/mol. The van der Waals surface area contributed by atoms with Crippen LogP contribution in [0, 0.1) is 19.7 Å². The highest BCUT2D eigenvalue weighted by Crippen LogP contribution is 2.32. The normalized spacial score (nSPS) is 12.5. The van der Waals surface area contributed by atoms with Crippen LogP contribution in [0.3, 0.4) is 0 Å². The molecule has 2 rings (SSSR count). The number of halogens is 3. The van der Waals surface area contributed by atoms with Crippen LogP contribution in [0.1, 0.15) is 27.6 Å². The third-order valence-electron chi connectivity index (χ3n) is 2.93. The molecule has 0 amide bonds. The Labute approximate surface area is 120 Å². The zero-order valence-electron chi connectivity index (χ0n) is 10.2. The Kier molecular flexibility index (Phi) is 4.08. The first-order valence-electron chi connectivity index (χ1n) is 5.65. The quantitative estimate of drug-likeness (QED) is 0.636. The summed E-state index contributed by atoms with van der Waals surface area (Å²) in [6, 6.07) is 11.1. The fourth-order valence-electron chi connectivity index (χ4n) is 1.96. The van der Waals surface area contributed by atoms with Crippen molar-refractivity contribution in [1.82, 2.24) is 0 Å². The molecule has 0 N–H and O–H groups in total. The molecule has 0 spiro atoms. The number of alkyl halides is 1. The summed E-state index contributed by atoms with van der Waals surface area (Å²) in [6.45, 7) is 4.06. The molecule has 0 saturated carbocycles. The van der Waals surface area contributed by atoms with Gasteiger partial charge in [-0.15, -0.1) is 11.6 Å². The molecule has 2 aromatic rings. The first-order valence-corrected chi connectivity index (χ1v) is 6.88. The van der Waals surface area contributed by atoms with Crippen molar-refractivity contribution in [2.45, 2.75) is 19.2 Å². The average molecular weight is 328 g/mol. The summed E-state index contributed by atoms with van der Waals surface area (Å²) in [4.78, 5) is 0. The van der Waals surface area contributed by atoms with Gasteiger partial charge in [-0.1, -0.05) is 29.8 Å². The van der Waals surface area contributed by atoms with Crippen molar-refractivity contribution in [2.24, 2.45) is 0 Å². The lowest BCUT2D eigenvalue weighted by Gasteiger charge is -2.14. The van der Waals surface area contributed by atoms with Gasteiger partial charge in [0.05, 0.1) is 9.85 Å². The van der Waals surface area contributed by atoms with E-state index in [2.05, 4.69) is 22.0 Å². The largest absolute Gasteiger partial charge is 0.206 e. The second-order valence-electron chi connectivity index (χ2n) is 4.40. The zero-order valence-corrected chi connectivity index (χ0v) is 12.5. The first kappa shape index (κ1) is 13.6. The molecule has 0 radical (unpaired) electrons. The smallest absolute Gasteiger partial charge is 0.137 e. The lowest BCUT2D eigenvalue weighted by Crippen LogP contribution is -1.97. The molecule has 0 bridgehead atoms. The van der Waals surface area contributed by atoms with Gasteiger partial charge in [-0.3, -0.25) is 0 Å². The molecule has 0 heterocycles. The molecule has 1 unspecified atom stereocenters. The van der Waals surface area contributed by atoms with Crippen LogP contribution < -0.4 is 0 Å². The molecule has 0 aromatic heterocycles. The number of rotatable bonds is 2. The van der Waals surface area contributed by atoms with E-state index in [9.17, 15) is 4.39 Å². The molecular weight excluding hydrogens is 315 g/mol. The van der Waals surface area contributed by atoms with Crippen molar-refractivity contribution in [3.63, 3.8) is 0 Å². The van der Waals surface area contributed by atoms with Crippen LogP contribution in [-0.2, 0) is 0 Å². The SMILES string of the molecule is Cc1ccc(C(Cl)c2ccc(Br)c(F)c2)c(C)c1. The van der Waals surface area contributed by atoms with Gasteiger partial charge >= 0.3 is 0 Å². The number of hydrogen-bond donors (Lipinski definition) is 0. The van der Waals surface area contributed by atoms with E-state index >= 15 is 0 Å². The summed E-state index contributed by atoms with van der Waals surface area (Å²) in [5, 5.41) is -0.326. The highest BCUT2D eigenvalue weighted by atomic mass is 79.9. The van der Waals surface area contributed by atoms with Crippen molar-refractivity contribution in [3.8, 4) is 0 Å². The van der Waals surface area contributed by atoms with Gasteiger partial charge in [0, 0.05) is 0 Å². The van der Waals surface area contributed by atoms with Crippen LogP contribution in [0.2, 0.25) is 0 Å². The Morgan fingerprint density at radius 2 is 1.83 bits per heavy atom. The molecule has 94 valence electrons. The molecular formula is C15H13BrClF. The molecule has 18 heavy (non-hydrogen) atoms. The van der Waals surface area contributed by atoms with Crippen LogP contribution in [0.15, 0.2) is 40.9 Å². The molecule has 2 aromatic carbocycles. The third-order valence-corrected chi connectivity index (χ3v) is 4.06. The second-order valence-corrected chi connectivity index (χ2v) is 5.69. The Bertz CT molecular complexity index is 581. The summed E-state index contributed by atoms with van der Waals surface area (Å²) in [5.74, 6) is -0.289. The van der Waals surface area contributed by atoms with Crippen molar-refractivity contribution in [3.05, 3.63) is 68.9 Å². The van der Waals surface area contributed by atoms with E-state index in [1.165, 1.54) is 11.6 Å². The fraction of sp³-hybridized carbons (Fsp3) is 0.200. The fourth-order valence-corrected chi connectivity index (χ4v) is 2.59. The maximum atomic E-state index is 13.5. The van der Waals surface area contributed by atoms with Crippen molar-refractivity contribution >= 4 is 27.5 Å². The number of aryl methyl sites for hydroxylation is 2. The first-order chi connectivity index (χ1) is 8.49. The van der Waals surface area contributed by atoms with Crippen molar-refractivity contribution in [1.29, 1.82) is 0 Å². The molecule has 3 heteroatoms. The molecule has 0 nitrogen and oxygen atoms in total. The Hall–Kier alpha value is -0.860. The van der Waals surface area contributed by atoms with E-state index in [1.807, 2.05) is 32.0 Å². The molecule has 0 saturated heterocycles. The predicted molar refractivity (Wildman–Crippen MR) is 77.7 cm³/mol. The maximum Gasteiger partial charge on any atom is 0.137 e. The molecule has 0 aliphatic heterocycles. The molecule has 0 aliphatic rings. The minimum atomic E-state index is -0.326. The van der Waals surface area contributed by atoms with Crippen molar-refractivity contribution in [2.75, 3.05) is 0 Å². The third kappa shape index (κ3) is 2.76. The lowest BCUT2D eigenvalue weighted by molar-refractivity contribution is 0.619. The van der Waals surface area contributed by atoms with Gasteiger partial charge in [0.25, 0.3) is 0 Å². The topological polar surface area (TPSA) is 0 Å². The van der Waals surface area contributed by atoms with Gasteiger partial charge in [-0.25, -0.2) is 4.39 Å². The van der Waals surface area contributed by atoms with E-state index in [-0.39, 0.29) is 11.2 Å². The standard InChI is InChI=1S/C15H13BrClF/c1-9-3-5-12(10(2)7-9)15(17)11-4-6-13(16)14(18)8-11/h3-8,15H,1-2H3. The summed E-state index contributed by atoms with van der Waals surface area (Å²) < 4.78 is 14.0. The predicted octanol–water partition coefficient (Wildman–Crippen LogP) is 5.53. The molecule has 0 aliphatic carbocycles. The highest BCUT2D eigenvalue weighted by molar-refractivity contribution is 9.10. The minimum Gasteiger partial charge on any atom is -0.206 e. The van der Waals surface area contributed by atoms with Crippen LogP contribution in [0.5, 0.6) is 0 Å². The average Bonchev–Trinajstić information content (AvgIpc) is 2.32. The van der Waals surface area contributed by atoms with E-state index in [0.29, 0.717) is 4.47 Å². The van der Waals surface area contributed by atoms with Gasteiger partial charge in [-0.05, 0) is 58.6 Å². The Balaban J connectivity index is 2.41. The lowest BCUT2D eigenvalue weighted by atomic mass is 9.98. The summed E-state index contributed by atoms with van der Waals surface area (Å²) in [7, 11) is 0. The van der Waals surface area contributed by atoms with Crippen LogP contribution in [-0.4, -0.2) is 0 Å². The van der Waals surface area contributed by atoms with Crippen LogP contribution >= 0.6 is 27.5 Å². The summed E-state index contributed by atoms with van der Waals surface area (Å²) in [5.41, 5.74) is 4.11. The zero-order chi connectivity index (χ0) is 13.3. The van der Waals surface area contributed by atoms with Gasteiger partial charge < -0.3 is 0 Å². The Morgan fingerprint density at radius 1 is 1.11 bits per heavy atom. The second kappa shape index (κ2) is 5.41. The molecule has 1 atom stereocenters. The van der Waals surface area contributed by atoms with Gasteiger partial charge in [0.2, 0.25) is 0 Å². The van der Waals surface area contributed by atoms with E-state index in [1.54, 1.807) is 6.07 Å². The van der Waals surface area contributed by atoms with Crippen LogP contribution in [0.4, 0.5) is 4.39 Å². The van der Waals surface area contributed by atoms with E-state index < -0.39 is 0 Å². The molecule has 0 fully saturated rings. The highest BCUT2D eigenvalue weighted by Gasteiger charge is 2.14. The van der Waals surface area contributed by atoms with E-state index in [4.69, 9.17) is 11.6 Å². The number of hydrogen-bond acceptors (Lipinski definition) is 0. The van der Waals surface area contributed by atoms with Gasteiger partial charge in [-0.2, -0.15) is 0 Å². The van der Waals surface area contributed by atoms with Crippen molar-refractivity contribution < 1.29 is 4.39 Å².